The van der Waals surface area contributed by atoms with E-state index >= 15 is 0 Å². The molecular formula is C35H38BrN3O5S. The highest BCUT2D eigenvalue weighted by Crippen LogP contribution is 2.26. The lowest BCUT2D eigenvalue weighted by Crippen LogP contribution is -2.53. The molecule has 0 fully saturated rings. The van der Waals surface area contributed by atoms with Gasteiger partial charge in [0, 0.05) is 24.0 Å². The van der Waals surface area contributed by atoms with Crippen molar-refractivity contribution in [3.05, 3.63) is 125 Å². The summed E-state index contributed by atoms with van der Waals surface area (Å²) in [6.07, 6.45) is 0.251. The topological polar surface area (TPSA) is 96.0 Å². The molecule has 0 aliphatic heterocycles. The Morgan fingerprint density at radius 1 is 0.844 bits per heavy atom. The molecule has 2 amide bonds. The molecule has 1 N–H and O–H groups in total. The number of rotatable bonds is 14. The Bertz CT molecular complexity index is 1670. The number of nitrogens with zero attached hydrogens (tertiary/aromatic N) is 2. The molecule has 0 aliphatic carbocycles. The Morgan fingerprint density at radius 2 is 1.47 bits per heavy atom. The maximum absolute atomic E-state index is 14.5. The maximum Gasteiger partial charge on any atom is 0.264 e. The SMILES string of the molecule is COc1ccc(S(=O)(=O)N(CC(=O)N(Cc2cccc(Br)c2)[C@H](Cc2ccccc2)C(=O)NCC(C)C)c2ccccc2)cc1. The molecule has 0 saturated heterocycles. The molecule has 0 unspecified atom stereocenters. The van der Waals surface area contributed by atoms with Gasteiger partial charge in [-0.1, -0.05) is 90.4 Å². The van der Waals surface area contributed by atoms with E-state index in [1.807, 2.05) is 68.4 Å². The molecule has 4 aromatic rings. The maximum atomic E-state index is 14.5. The van der Waals surface area contributed by atoms with E-state index in [4.69, 9.17) is 4.74 Å². The van der Waals surface area contributed by atoms with Crippen molar-refractivity contribution in [2.75, 3.05) is 24.5 Å². The molecule has 1 atom stereocenters. The fourth-order valence-electron chi connectivity index (χ4n) is 4.81. The van der Waals surface area contributed by atoms with Gasteiger partial charge in [0.1, 0.15) is 18.3 Å². The number of ether oxygens (including phenoxy) is 1. The molecule has 0 saturated carbocycles. The van der Waals surface area contributed by atoms with Gasteiger partial charge in [-0.3, -0.25) is 13.9 Å². The van der Waals surface area contributed by atoms with Crippen molar-refractivity contribution in [3.8, 4) is 5.75 Å². The number of hydrogen-bond acceptors (Lipinski definition) is 5. The third-order valence-corrected chi connectivity index (χ3v) is 9.45. The fraction of sp³-hybridized carbons (Fsp3) is 0.257. The average Bonchev–Trinajstić information content (AvgIpc) is 3.04. The molecule has 236 valence electrons. The van der Waals surface area contributed by atoms with Crippen LogP contribution in [-0.2, 0) is 32.6 Å². The Kier molecular flexibility index (Phi) is 11.8. The van der Waals surface area contributed by atoms with Crippen LogP contribution in [0.5, 0.6) is 5.75 Å². The largest absolute Gasteiger partial charge is 0.497 e. The summed E-state index contributed by atoms with van der Waals surface area (Å²) in [5, 5.41) is 3.00. The molecule has 4 rings (SSSR count). The van der Waals surface area contributed by atoms with E-state index in [1.54, 1.807) is 42.5 Å². The average molecular weight is 693 g/mol. The first kappa shape index (κ1) is 33.7. The van der Waals surface area contributed by atoms with Gasteiger partial charge in [-0.25, -0.2) is 8.42 Å². The molecule has 10 heteroatoms. The van der Waals surface area contributed by atoms with Crippen LogP contribution in [0.15, 0.2) is 119 Å². The van der Waals surface area contributed by atoms with Crippen LogP contribution >= 0.6 is 15.9 Å². The highest BCUT2D eigenvalue weighted by Gasteiger charge is 2.34. The number of carbonyl (C=O) groups is 2. The number of hydrogen-bond donors (Lipinski definition) is 1. The monoisotopic (exact) mass is 691 g/mol. The predicted molar refractivity (Wildman–Crippen MR) is 180 cm³/mol. The van der Waals surface area contributed by atoms with Gasteiger partial charge in [-0.05, 0) is 65.6 Å². The fourth-order valence-corrected chi connectivity index (χ4v) is 6.67. The molecule has 0 aromatic heterocycles. The molecule has 0 bridgehead atoms. The van der Waals surface area contributed by atoms with Crippen molar-refractivity contribution in [2.45, 2.75) is 37.8 Å². The van der Waals surface area contributed by atoms with Crippen molar-refractivity contribution < 1.29 is 22.7 Å². The first-order chi connectivity index (χ1) is 21.6. The summed E-state index contributed by atoms with van der Waals surface area (Å²) in [5.74, 6) is -0.117. The second kappa shape index (κ2) is 15.7. The van der Waals surface area contributed by atoms with E-state index in [9.17, 15) is 18.0 Å². The Hall–Kier alpha value is -4.15. The third kappa shape index (κ3) is 9.18. The predicted octanol–water partition coefficient (Wildman–Crippen LogP) is 6.07. The van der Waals surface area contributed by atoms with E-state index in [0.717, 1.165) is 19.9 Å². The van der Waals surface area contributed by atoms with Crippen molar-refractivity contribution in [1.82, 2.24) is 10.2 Å². The van der Waals surface area contributed by atoms with Gasteiger partial charge in [0.25, 0.3) is 10.0 Å². The molecular weight excluding hydrogens is 654 g/mol. The molecule has 4 aromatic carbocycles. The summed E-state index contributed by atoms with van der Waals surface area (Å²) < 4.78 is 35.3. The zero-order chi connectivity index (χ0) is 32.4. The van der Waals surface area contributed by atoms with Gasteiger partial charge in [0.05, 0.1) is 17.7 Å². The smallest absolute Gasteiger partial charge is 0.264 e. The molecule has 0 radical (unpaired) electrons. The summed E-state index contributed by atoms with van der Waals surface area (Å²) >= 11 is 3.50. The van der Waals surface area contributed by atoms with Crippen LogP contribution < -0.4 is 14.4 Å². The van der Waals surface area contributed by atoms with Crippen LogP contribution in [0.1, 0.15) is 25.0 Å². The van der Waals surface area contributed by atoms with Crippen LogP contribution in [0.3, 0.4) is 0 Å². The summed E-state index contributed by atoms with van der Waals surface area (Å²) in [6.45, 7) is 4.01. The van der Waals surface area contributed by atoms with Gasteiger partial charge in [0.2, 0.25) is 11.8 Å². The number of methoxy groups -OCH3 is 1. The summed E-state index contributed by atoms with van der Waals surface area (Å²) in [7, 11) is -2.69. The van der Waals surface area contributed by atoms with E-state index in [0.29, 0.717) is 18.0 Å². The number of benzene rings is 4. The lowest BCUT2D eigenvalue weighted by molar-refractivity contribution is -0.140. The van der Waals surface area contributed by atoms with Crippen LogP contribution in [-0.4, -0.2) is 51.4 Å². The number of anilines is 1. The van der Waals surface area contributed by atoms with Crippen LogP contribution in [0.25, 0.3) is 0 Å². The number of halogens is 1. The summed E-state index contributed by atoms with van der Waals surface area (Å²) in [4.78, 5) is 29.8. The zero-order valence-corrected chi connectivity index (χ0v) is 28.0. The molecule has 0 spiro atoms. The van der Waals surface area contributed by atoms with Gasteiger partial charge in [-0.2, -0.15) is 0 Å². The third-order valence-electron chi connectivity index (χ3n) is 7.17. The first-order valence-corrected chi connectivity index (χ1v) is 16.9. The van der Waals surface area contributed by atoms with Gasteiger partial charge in [-0.15, -0.1) is 0 Å². The summed E-state index contributed by atoms with van der Waals surface area (Å²) in [6, 6.07) is 30.6. The van der Waals surface area contributed by atoms with Crippen molar-refractivity contribution in [2.24, 2.45) is 5.92 Å². The quantitative estimate of drug-likeness (QED) is 0.173. The Labute approximate surface area is 274 Å². The minimum Gasteiger partial charge on any atom is -0.497 e. The molecule has 0 heterocycles. The highest BCUT2D eigenvalue weighted by atomic mass is 79.9. The van der Waals surface area contributed by atoms with E-state index < -0.39 is 28.5 Å². The standard InChI is InChI=1S/C35H38BrN3O5S/c1-26(2)23-37-35(41)33(22-27-11-6-4-7-12-27)38(24-28-13-10-14-29(36)21-28)34(40)25-39(30-15-8-5-9-16-30)45(42,43)32-19-17-31(44-3)18-20-32/h4-21,26,33H,22-25H2,1-3H3,(H,37,41)/t33-/m1/s1. The van der Waals surface area contributed by atoms with Crippen LogP contribution in [0.2, 0.25) is 0 Å². The van der Waals surface area contributed by atoms with E-state index in [1.165, 1.54) is 24.1 Å². The Balaban J connectivity index is 1.78. The number of amides is 2. The number of para-hydroxylation sites is 1. The lowest BCUT2D eigenvalue weighted by Gasteiger charge is -2.34. The second-order valence-electron chi connectivity index (χ2n) is 11.0. The number of sulfonamides is 1. The highest BCUT2D eigenvalue weighted by molar-refractivity contribution is 9.10. The second-order valence-corrected chi connectivity index (χ2v) is 13.8. The minimum absolute atomic E-state index is 0.00834. The van der Waals surface area contributed by atoms with Crippen molar-refractivity contribution in [3.63, 3.8) is 0 Å². The summed E-state index contributed by atoms with van der Waals surface area (Å²) in [5.41, 5.74) is 1.99. The lowest BCUT2D eigenvalue weighted by atomic mass is 10.0. The first-order valence-electron chi connectivity index (χ1n) is 14.7. The Morgan fingerprint density at radius 3 is 2.07 bits per heavy atom. The van der Waals surface area contributed by atoms with Crippen molar-refractivity contribution in [1.29, 1.82) is 0 Å². The van der Waals surface area contributed by atoms with Crippen LogP contribution in [0.4, 0.5) is 5.69 Å². The molecule has 45 heavy (non-hydrogen) atoms. The minimum atomic E-state index is -4.19. The van der Waals surface area contributed by atoms with Gasteiger partial charge >= 0.3 is 0 Å². The normalized spacial score (nSPS) is 11.9. The van der Waals surface area contributed by atoms with Gasteiger partial charge in [0.15, 0.2) is 0 Å². The van der Waals surface area contributed by atoms with Crippen molar-refractivity contribution >= 4 is 43.5 Å². The molecule has 8 nitrogen and oxygen atoms in total. The number of carbonyl (C=O) groups excluding carboxylic acids is 2. The zero-order valence-electron chi connectivity index (χ0n) is 25.6. The van der Waals surface area contributed by atoms with E-state index in [2.05, 4.69) is 21.2 Å². The molecule has 0 aliphatic rings. The number of nitrogens with one attached hydrogen (secondary N) is 1. The van der Waals surface area contributed by atoms with Gasteiger partial charge < -0.3 is 15.0 Å². The van der Waals surface area contributed by atoms with Crippen LogP contribution in [0, 0.1) is 5.92 Å². The van der Waals surface area contributed by atoms with E-state index in [-0.39, 0.29) is 29.7 Å².